The summed E-state index contributed by atoms with van der Waals surface area (Å²) in [5.74, 6) is -0.123. The van der Waals surface area contributed by atoms with Gasteiger partial charge < -0.3 is 10.2 Å². The SMILES string of the molecule is Cc1cccc2c(=O)n(CC(=O)N3CCNCC3c3ccccc3Cl)cnc12.Cl. The summed E-state index contributed by atoms with van der Waals surface area (Å²) in [6.07, 6.45) is 1.46. The fourth-order valence-electron chi connectivity index (χ4n) is 3.71. The Morgan fingerprint density at radius 2 is 2.03 bits per heavy atom. The fourth-order valence-corrected chi connectivity index (χ4v) is 3.97. The van der Waals surface area contributed by atoms with Crippen molar-refractivity contribution in [2.24, 2.45) is 0 Å². The molecule has 1 amide bonds. The van der Waals surface area contributed by atoms with Crippen molar-refractivity contribution in [2.75, 3.05) is 19.6 Å². The molecular weight excluding hydrogens is 411 g/mol. The molecule has 8 heteroatoms. The molecule has 1 atom stereocenters. The van der Waals surface area contributed by atoms with Gasteiger partial charge in [0.2, 0.25) is 5.91 Å². The lowest BCUT2D eigenvalue weighted by atomic mass is 10.0. The molecule has 1 unspecified atom stereocenters. The van der Waals surface area contributed by atoms with Gasteiger partial charge in [-0.25, -0.2) is 4.98 Å². The number of benzene rings is 2. The van der Waals surface area contributed by atoms with Crippen molar-refractivity contribution in [1.82, 2.24) is 19.8 Å². The smallest absolute Gasteiger partial charge is 0.261 e. The number of nitrogens with one attached hydrogen (secondary N) is 1. The van der Waals surface area contributed by atoms with Gasteiger partial charge >= 0.3 is 0 Å². The third kappa shape index (κ3) is 4.15. The second kappa shape index (κ2) is 8.95. The van der Waals surface area contributed by atoms with Crippen molar-refractivity contribution in [3.05, 3.63) is 75.3 Å². The molecule has 1 aromatic heterocycles. The number of aryl methyl sites for hydroxylation is 1. The Kier molecular flexibility index (Phi) is 6.57. The van der Waals surface area contributed by atoms with E-state index in [2.05, 4.69) is 10.3 Å². The molecule has 1 fully saturated rings. The first-order valence-corrected chi connectivity index (χ1v) is 9.63. The van der Waals surface area contributed by atoms with Gasteiger partial charge in [-0.05, 0) is 30.2 Å². The standard InChI is InChI=1S/C21H21ClN4O2.ClH/c1-14-5-4-7-16-20(14)24-13-25(21(16)28)12-19(27)26-10-9-23-11-18(26)15-6-2-3-8-17(15)22;/h2-8,13,18,23H,9-12H2,1H3;1H. The monoisotopic (exact) mass is 432 g/mol. The quantitative estimate of drug-likeness (QED) is 0.690. The van der Waals surface area contributed by atoms with Gasteiger partial charge in [0, 0.05) is 24.7 Å². The lowest BCUT2D eigenvalue weighted by Gasteiger charge is -2.37. The van der Waals surface area contributed by atoms with Crippen LogP contribution in [0.4, 0.5) is 0 Å². The molecule has 1 aliphatic rings. The van der Waals surface area contributed by atoms with E-state index >= 15 is 0 Å². The van der Waals surface area contributed by atoms with E-state index in [0.717, 1.165) is 11.1 Å². The van der Waals surface area contributed by atoms with Crippen molar-refractivity contribution in [2.45, 2.75) is 19.5 Å². The maximum atomic E-state index is 13.1. The molecule has 1 N–H and O–H groups in total. The van der Waals surface area contributed by atoms with E-state index in [4.69, 9.17) is 11.6 Å². The summed E-state index contributed by atoms with van der Waals surface area (Å²) in [5, 5.41) is 4.48. The highest BCUT2D eigenvalue weighted by Gasteiger charge is 2.29. The Labute approximate surface area is 179 Å². The number of piperazine rings is 1. The van der Waals surface area contributed by atoms with Crippen LogP contribution in [0.15, 0.2) is 53.6 Å². The molecule has 0 radical (unpaired) electrons. The van der Waals surface area contributed by atoms with Crippen LogP contribution < -0.4 is 10.9 Å². The molecule has 1 saturated heterocycles. The van der Waals surface area contributed by atoms with E-state index in [-0.39, 0.29) is 36.5 Å². The molecule has 2 aromatic carbocycles. The summed E-state index contributed by atoms with van der Waals surface area (Å²) >= 11 is 6.36. The van der Waals surface area contributed by atoms with Crippen LogP contribution in [0.2, 0.25) is 5.02 Å². The van der Waals surface area contributed by atoms with E-state index in [1.807, 2.05) is 43.3 Å². The number of aromatic nitrogens is 2. The van der Waals surface area contributed by atoms with Gasteiger partial charge in [-0.2, -0.15) is 0 Å². The number of rotatable bonds is 3. The van der Waals surface area contributed by atoms with Gasteiger partial charge in [-0.15, -0.1) is 12.4 Å². The van der Waals surface area contributed by atoms with Gasteiger partial charge in [0.15, 0.2) is 0 Å². The van der Waals surface area contributed by atoms with E-state index < -0.39 is 0 Å². The van der Waals surface area contributed by atoms with Crippen LogP contribution in [0.1, 0.15) is 17.2 Å². The van der Waals surface area contributed by atoms with E-state index in [1.165, 1.54) is 10.9 Å². The zero-order valence-corrected chi connectivity index (χ0v) is 17.5. The van der Waals surface area contributed by atoms with Gasteiger partial charge in [0.05, 0.1) is 23.3 Å². The Morgan fingerprint density at radius 1 is 1.24 bits per heavy atom. The Morgan fingerprint density at radius 3 is 2.83 bits per heavy atom. The van der Waals surface area contributed by atoms with Crippen LogP contribution in [0, 0.1) is 6.92 Å². The van der Waals surface area contributed by atoms with Crippen LogP contribution in [0.5, 0.6) is 0 Å². The zero-order valence-electron chi connectivity index (χ0n) is 16.0. The molecule has 2 heterocycles. The van der Waals surface area contributed by atoms with Crippen LogP contribution in [-0.2, 0) is 11.3 Å². The number of halogens is 2. The summed E-state index contributed by atoms with van der Waals surface area (Å²) < 4.78 is 1.38. The molecule has 29 heavy (non-hydrogen) atoms. The number of fused-ring (bicyclic) bond motifs is 1. The summed E-state index contributed by atoms with van der Waals surface area (Å²) in [5.41, 5.74) is 2.32. The third-order valence-electron chi connectivity index (χ3n) is 5.19. The molecule has 1 aliphatic heterocycles. The molecule has 0 spiro atoms. The average Bonchev–Trinajstić information content (AvgIpc) is 2.71. The zero-order chi connectivity index (χ0) is 19.7. The van der Waals surface area contributed by atoms with Gasteiger partial charge in [-0.3, -0.25) is 14.2 Å². The summed E-state index contributed by atoms with van der Waals surface area (Å²) in [7, 11) is 0. The third-order valence-corrected chi connectivity index (χ3v) is 5.53. The molecule has 3 aromatic rings. The van der Waals surface area contributed by atoms with E-state index in [1.54, 1.807) is 11.0 Å². The largest absolute Gasteiger partial charge is 0.331 e. The van der Waals surface area contributed by atoms with Crippen molar-refractivity contribution < 1.29 is 4.79 Å². The number of hydrogen-bond acceptors (Lipinski definition) is 4. The van der Waals surface area contributed by atoms with Gasteiger partial charge in [0.25, 0.3) is 5.56 Å². The highest BCUT2D eigenvalue weighted by molar-refractivity contribution is 6.31. The van der Waals surface area contributed by atoms with Crippen LogP contribution in [-0.4, -0.2) is 40.0 Å². The van der Waals surface area contributed by atoms with Crippen LogP contribution in [0.3, 0.4) is 0 Å². The minimum atomic E-state index is -0.202. The molecule has 0 bridgehead atoms. The van der Waals surface area contributed by atoms with Crippen LogP contribution in [0.25, 0.3) is 10.9 Å². The predicted molar refractivity (Wildman–Crippen MR) is 117 cm³/mol. The summed E-state index contributed by atoms with van der Waals surface area (Å²) in [6, 6.07) is 12.9. The Bertz CT molecular complexity index is 1100. The maximum Gasteiger partial charge on any atom is 0.261 e. The number of para-hydroxylation sites is 1. The second-order valence-corrected chi connectivity index (χ2v) is 7.38. The Balaban J connectivity index is 0.00000240. The first kappa shape index (κ1) is 21.3. The second-order valence-electron chi connectivity index (χ2n) is 6.98. The lowest BCUT2D eigenvalue weighted by Crippen LogP contribution is -2.50. The van der Waals surface area contributed by atoms with E-state index in [0.29, 0.717) is 35.6 Å². The molecule has 0 saturated carbocycles. The van der Waals surface area contributed by atoms with Crippen molar-refractivity contribution in [3.8, 4) is 0 Å². The van der Waals surface area contributed by atoms with Crippen molar-refractivity contribution >= 4 is 40.8 Å². The topological polar surface area (TPSA) is 67.2 Å². The first-order chi connectivity index (χ1) is 13.6. The molecule has 6 nitrogen and oxygen atoms in total. The van der Waals surface area contributed by atoms with Gasteiger partial charge in [0.1, 0.15) is 6.54 Å². The minimum Gasteiger partial charge on any atom is -0.331 e. The van der Waals surface area contributed by atoms with Crippen molar-refractivity contribution in [3.63, 3.8) is 0 Å². The number of carbonyl (C=O) groups is 1. The molecule has 152 valence electrons. The summed E-state index contributed by atoms with van der Waals surface area (Å²) in [6.45, 7) is 3.76. The lowest BCUT2D eigenvalue weighted by molar-refractivity contribution is -0.135. The molecule has 0 aliphatic carbocycles. The number of carbonyl (C=O) groups excluding carboxylic acids is 1. The summed E-state index contributed by atoms with van der Waals surface area (Å²) in [4.78, 5) is 32.1. The highest BCUT2D eigenvalue weighted by atomic mass is 35.5. The first-order valence-electron chi connectivity index (χ1n) is 9.25. The minimum absolute atomic E-state index is 0. The molecule has 4 rings (SSSR count). The molecular formula is C21H22Cl2N4O2. The van der Waals surface area contributed by atoms with Crippen LogP contribution >= 0.6 is 24.0 Å². The normalized spacial score (nSPS) is 16.5. The Hall–Kier alpha value is -2.41. The highest BCUT2D eigenvalue weighted by Crippen LogP contribution is 2.28. The fraction of sp³-hybridized carbons (Fsp3) is 0.286. The number of hydrogen-bond donors (Lipinski definition) is 1. The average molecular weight is 433 g/mol. The van der Waals surface area contributed by atoms with Crippen molar-refractivity contribution in [1.29, 1.82) is 0 Å². The number of nitrogens with zero attached hydrogens (tertiary/aromatic N) is 3. The maximum absolute atomic E-state index is 13.1. The van der Waals surface area contributed by atoms with Gasteiger partial charge in [-0.1, -0.05) is 41.9 Å². The number of amides is 1. The van der Waals surface area contributed by atoms with E-state index in [9.17, 15) is 9.59 Å². The predicted octanol–water partition coefficient (Wildman–Crippen LogP) is 2.95.